The molecule has 6 nitrogen and oxygen atoms in total. The number of fused-ring (bicyclic) bond motifs is 1. The zero-order valence-corrected chi connectivity index (χ0v) is 13.5. The fourth-order valence-corrected chi connectivity index (χ4v) is 3.05. The van der Waals surface area contributed by atoms with Crippen molar-refractivity contribution in [3.05, 3.63) is 47.8 Å². The first-order valence-corrected chi connectivity index (χ1v) is 7.95. The van der Waals surface area contributed by atoms with Gasteiger partial charge in [-0.05, 0) is 45.1 Å². The molecule has 2 heterocycles. The zero-order valence-electron chi connectivity index (χ0n) is 13.5. The smallest absolute Gasteiger partial charge is 0.315 e. The molecule has 2 atom stereocenters. The van der Waals surface area contributed by atoms with Crippen molar-refractivity contribution in [2.24, 2.45) is 0 Å². The first-order valence-electron chi connectivity index (χ1n) is 7.95. The van der Waals surface area contributed by atoms with Crippen LogP contribution in [0.15, 0.2) is 39.6 Å². The van der Waals surface area contributed by atoms with Gasteiger partial charge in [0.05, 0.1) is 24.6 Å². The van der Waals surface area contributed by atoms with E-state index in [4.69, 9.17) is 8.83 Å². The van der Waals surface area contributed by atoms with E-state index in [9.17, 15) is 4.79 Å². The van der Waals surface area contributed by atoms with Crippen LogP contribution in [-0.2, 0) is 6.42 Å². The summed E-state index contributed by atoms with van der Waals surface area (Å²) in [5.41, 5.74) is 1.10. The van der Waals surface area contributed by atoms with E-state index >= 15 is 0 Å². The minimum atomic E-state index is -0.164. The minimum absolute atomic E-state index is 0.00610. The summed E-state index contributed by atoms with van der Waals surface area (Å²) in [4.78, 5) is 14.3. The van der Waals surface area contributed by atoms with Crippen molar-refractivity contribution in [2.45, 2.75) is 31.3 Å². The number of aryl methyl sites for hydroxylation is 1. The van der Waals surface area contributed by atoms with Crippen molar-refractivity contribution in [3.63, 3.8) is 0 Å². The highest BCUT2D eigenvalue weighted by atomic mass is 16.3. The number of nitrogens with zero attached hydrogens (tertiary/aromatic N) is 1. The van der Waals surface area contributed by atoms with Gasteiger partial charge in [0.1, 0.15) is 11.5 Å². The molecule has 124 valence electrons. The first kappa shape index (κ1) is 15.7. The third-order valence-electron chi connectivity index (χ3n) is 4.31. The van der Waals surface area contributed by atoms with Crippen LogP contribution in [0.2, 0.25) is 0 Å². The molecule has 2 unspecified atom stereocenters. The number of nitrogens with one attached hydrogen (secondary N) is 2. The molecule has 2 aromatic heterocycles. The van der Waals surface area contributed by atoms with Crippen molar-refractivity contribution in [1.29, 1.82) is 0 Å². The molecule has 0 radical (unpaired) electrons. The number of hydrogen-bond donors (Lipinski definition) is 2. The number of likely N-dealkylation sites (N-methyl/N-ethyl adjacent to an activating group) is 1. The van der Waals surface area contributed by atoms with E-state index in [0.717, 1.165) is 36.3 Å². The molecule has 0 fully saturated rings. The second-order valence-corrected chi connectivity index (χ2v) is 6.09. The highest BCUT2D eigenvalue weighted by Crippen LogP contribution is 2.30. The molecular formula is C17H23N3O3. The Balaban J connectivity index is 1.56. The van der Waals surface area contributed by atoms with Gasteiger partial charge in [-0.25, -0.2) is 4.79 Å². The zero-order chi connectivity index (χ0) is 16.2. The highest BCUT2D eigenvalue weighted by molar-refractivity contribution is 5.74. The topological polar surface area (TPSA) is 70.7 Å². The third-order valence-corrected chi connectivity index (χ3v) is 4.31. The van der Waals surface area contributed by atoms with Gasteiger partial charge in [0.15, 0.2) is 0 Å². The molecule has 2 amide bonds. The average Bonchev–Trinajstić information content (AvgIpc) is 3.18. The normalized spacial score (nSPS) is 18.5. The monoisotopic (exact) mass is 317 g/mol. The maximum atomic E-state index is 12.2. The lowest BCUT2D eigenvalue weighted by Crippen LogP contribution is -2.42. The molecule has 6 heteroatoms. The molecule has 0 aromatic carbocycles. The highest BCUT2D eigenvalue weighted by Gasteiger charge is 2.24. The van der Waals surface area contributed by atoms with Crippen molar-refractivity contribution in [1.82, 2.24) is 15.5 Å². The molecule has 3 rings (SSSR count). The summed E-state index contributed by atoms with van der Waals surface area (Å²) in [6.07, 6.45) is 6.26. The molecule has 0 saturated carbocycles. The molecular weight excluding hydrogens is 294 g/mol. The number of carbonyl (C=O) groups excluding carboxylic acids is 1. The Kier molecular flexibility index (Phi) is 4.71. The lowest BCUT2D eigenvalue weighted by Gasteiger charge is -2.25. The molecule has 2 aromatic rings. The lowest BCUT2D eigenvalue weighted by atomic mass is 9.93. The van der Waals surface area contributed by atoms with Gasteiger partial charge in [-0.3, -0.25) is 4.90 Å². The Labute approximate surface area is 135 Å². The number of carbonyl (C=O) groups is 1. The Morgan fingerprint density at radius 2 is 2.22 bits per heavy atom. The summed E-state index contributed by atoms with van der Waals surface area (Å²) < 4.78 is 10.9. The second-order valence-electron chi connectivity index (χ2n) is 6.09. The molecule has 0 bridgehead atoms. The van der Waals surface area contributed by atoms with Crippen molar-refractivity contribution < 1.29 is 13.6 Å². The van der Waals surface area contributed by atoms with E-state index in [1.54, 1.807) is 12.5 Å². The predicted molar refractivity (Wildman–Crippen MR) is 86.1 cm³/mol. The van der Waals surface area contributed by atoms with Gasteiger partial charge in [0.2, 0.25) is 0 Å². The van der Waals surface area contributed by atoms with Gasteiger partial charge in [-0.1, -0.05) is 0 Å². The van der Waals surface area contributed by atoms with Crippen LogP contribution in [0.5, 0.6) is 0 Å². The molecule has 23 heavy (non-hydrogen) atoms. The molecule has 1 aliphatic rings. The average molecular weight is 317 g/mol. The number of amides is 2. The van der Waals surface area contributed by atoms with E-state index in [-0.39, 0.29) is 18.1 Å². The molecule has 0 saturated heterocycles. The number of rotatable bonds is 5. The van der Waals surface area contributed by atoms with Gasteiger partial charge in [-0.2, -0.15) is 0 Å². The number of furan rings is 2. The first-order chi connectivity index (χ1) is 11.1. The van der Waals surface area contributed by atoms with Crippen LogP contribution in [0, 0.1) is 0 Å². The van der Waals surface area contributed by atoms with E-state index in [2.05, 4.69) is 10.6 Å². The van der Waals surface area contributed by atoms with Gasteiger partial charge < -0.3 is 19.5 Å². The minimum Gasteiger partial charge on any atom is -0.469 e. The summed E-state index contributed by atoms with van der Waals surface area (Å²) in [6.45, 7) is 0.483. The Hall–Kier alpha value is -2.21. The van der Waals surface area contributed by atoms with Crippen molar-refractivity contribution >= 4 is 6.03 Å². The standard InChI is InChI=1S/C17H23N3O3/c1-20(2)14(16-7-4-9-22-16)11-18-17(21)19-13-5-3-6-15-12(13)8-10-23-15/h4,7-10,13-14H,3,5-6,11H2,1-2H3,(H2,18,19,21). The van der Waals surface area contributed by atoms with E-state index in [0.29, 0.717) is 6.54 Å². The Morgan fingerprint density at radius 1 is 1.35 bits per heavy atom. The van der Waals surface area contributed by atoms with Gasteiger partial charge in [0, 0.05) is 18.5 Å². The molecule has 0 aliphatic heterocycles. The van der Waals surface area contributed by atoms with Crippen LogP contribution >= 0.6 is 0 Å². The van der Waals surface area contributed by atoms with Crippen LogP contribution in [0.3, 0.4) is 0 Å². The molecule has 2 N–H and O–H groups in total. The van der Waals surface area contributed by atoms with Crippen molar-refractivity contribution in [3.8, 4) is 0 Å². The van der Waals surface area contributed by atoms with E-state index in [1.165, 1.54) is 0 Å². The van der Waals surface area contributed by atoms with Crippen LogP contribution < -0.4 is 10.6 Å². The SMILES string of the molecule is CN(C)C(CNC(=O)NC1CCCc2occc21)c1ccco1. The summed E-state index contributed by atoms with van der Waals surface area (Å²) in [5.74, 6) is 1.83. The summed E-state index contributed by atoms with van der Waals surface area (Å²) in [6, 6.07) is 5.59. The van der Waals surface area contributed by atoms with Crippen LogP contribution in [-0.4, -0.2) is 31.6 Å². The number of hydrogen-bond acceptors (Lipinski definition) is 4. The maximum Gasteiger partial charge on any atom is 0.315 e. The van der Waals surface area contributed by atoms with Crippen LogP contribution in [0.25, 0.3) is 0 Å². The second kappa shape index (κ2) is 6.91. The lowest BCUT2D eigenvalue weighted by molar-refractivity contribution is 0.221. The van der Waals surface area contributed by atoms with E-state index in [1.807, 2.05) is 37.2 Å². The Morgan fingerprint density at radius 3 is 2.96 bits per heavy atom. The van der Waals surface area contributed by atoms with Crippen LogP contribution in [0.4, 0.5) is 4.79 Å². The molecule has 0 spiro atoms. The van der Waals surface area contributed by atoms with Gasteiger partial charge >= 0.3 is 6.03 Å². The number of urea groups is 1. The maximum absolute atomic E-state index is 12.2. The van der Waals surface area contributed by atoms with Gasteiger partial charge in [-0.15, -0.1) is 0 Å². The third kappa shape index (κ3) is 3.59. The Bertz CT molecular complexity index is 633. The summed E-state index contributed by atoms with van der Waals surface area (Å²) >= 11 is 0. The fraction of sp³-hybridized carbons (Fsp3) is 0.471. The quantitative estimate of drug-likeness (QED) is 0.889. The van der Waals surface area contributed by atoms with Crippen molar-refractivity contribution in [2.75, 3.05) is 20.6 Å². The van der Waals surface area contributed by atoms with Gasteiger partial charge in [0.25, 0.3) is 0 Å². The summed E-state index contributed by atoms with van der Waals surface area (Å²) in [5, 5.41) is 5.98. The fourth-order valence-electron chi connectivity index (χ4n) is 3.05. The van der Waals surface area contributed by atoms with Crippen LogP contribution in [0.1, 0.15) is 42.0 Å². The molecule has 1 aliphatic carbocycles. The predicted octanol–water partition coefficient (Wildman–Crippen LogP) is 2.85. The van der Waals surface area contributed by atoms with E-state index < -0.39 is 0 Å². The summed E-state index contributed by atoms with van der Waals surface area (Å²) in [7, 11) is 3.93. The largest absolute Gasteiger partial charge is 0.469 e.